The van der Waals surface area contributed by atoms with Crippen LogP contribution in [0.2, 0.25) is 0 Å². The van der Waals surface area contributed by atoms with Crippen LogP contribution in [0.15, 0.2) is 24.3 Å². The minimum absolute atomic E-state index is 0.128. The summed E-state index contributed by atoms with van der Waals surface area (Å²) in [6.45, 7) is 6.13. The number of piperazine rings is 1. The number of hydrogen-bond donors (Lipinski definition) is 2. The van der Waals surface area contributed by atoms with E-state index in [1.165, 1.54) is 17.0 Å². The Morgan fingerprint density at radius 3 is 2.24 bits per heavy atom. The maximum absolute atomic E-state index is 12.7. The van der Waals surface area contributed by atoms with Crippen molar-refractivity contribution in [3.63, 3.8) is 0 Å². The van der Waals surface area contributed by atoms with Crippen molar-refractivity contribution in [3.05, 3.63) is 24.3 Å². The van der Waals surface area contributed by atoms with Crippen LogP contribution in [-0.2, 0) is 4.79 Å². The summed E-state index contributed by atoms with van der Waals surface area (Å²) in [4.78, 5) is 26.9. The number of carbonyl (C=O) groups is 2. The predicted octanol–water partition coefficient (Wildman–Crippen LogP) is 2.13. The second-order valence-corrected chi connectivity index (χ2v) is 6.25. The van der Waals surface area contributed by atoms with Crippen molar-refractivity contribution in [1.29, 1.82) is 0 Å². The molecule has 6 nitrogen and oxygen atoms in total. The van der Waals surface area contributed by atoms with Gasteiger partial charge in [-0.05, 0) is 29.7 Å². The van der Waals surface area contributed by atoms with E-state index in [0.29, 0.717) is 12.2 Å². The third-order valence-corrected chi connectivity index (χ3v) is 3.60. The van der Waals surface area contributed by atoms with Crippen LogP contribution in [-0.4, -0.2) is 46.2 Å². The standard InChI is InChI=1S/C15H20N2O4/c1-15(2,3)12-13(19)16(8-9-17(12)14(20)21)10-4-6-11(18)7-5-10/h4-7,12,18H,8-9H2,1-3H3,(H,20,21). The summed E-state index contributed by atoms with van der Waals surface area (Å²) in [6.07, 6.45) is -1.08. The van der Waals surface area contributed by atoms with E-state index in [2.05, 4.69) is 0 Å². The van der Waals surface area contributed by atoms with Gasteiger partial charge in [-0.25, -0.2) is 4.79 Å². The van der Waals surface area contributed by atoms with E-state index in [9.17, 15) is 19.8 Å². The summed E-state index contributed by atoms with van der Waals surface area (Å²) < 4.78 is 0. The van der Waals surface area contributed by atoms with E-state index in [1.54, 1.807) is 17.0 Å². The average molecular weight is 292 g/mol. The average Bonchev–Trinajstić information content (AvgIpc) is 2.38. The predicted molar refractivity (Wildman–Crippen MR) is 78.4 cm³/mol. The Kier molecular flexibility index (Phi) is 3.80. The van der Waals surface area contributed by atoms with Crippen LogP contribution >= 0.6 is 0 Å². The lowest BCUT2D eigenvalue weighted by Gasteiger charge is -2.44. The molecule has 1 atom stereocenters. The number of carboxylic acid groups (broad SMARTS) is 1. The number of benzene rings is 1. The van der Waals surface area contributed by atoms with Crippen molar-refractivity contribution in [2.45, 2.75) is 26.8 Å². The molecular formula is C15H20N2O4. The second kappa shape index (κ2) is 5.27. The molecule has 1 aliphatic rings. The molecule has 1 fully saturated rings. The highest BCUT2D eigenvalue weighted by Gasteiger charge is 2.44. The fourth-order valence-corrected chi connectivity index (χ4v) is 2.66. The van der Waals surface area contributed by atoms with Gasteiger partial charge in [0.15, 0.2) is 0 Å². The van der Waals surface area contributed by atoms with Gasteiger partial charge in [-0.1, -0.05) is 20.8 Å². The molecule has 0 bridgehead atoms. The lowest BCUT2D eigenvalue weighted by Crippen LogP contribution is -2.63. The molecule has 1 aromatic rings. The largest absolute Gasteiger partial charge is 0.508 e. The van der Waals surface area contributed by atoms with Crippen LogP contribution in [0.3, 0.4) is 0 Å². The molecule has 114 valence electrons. The van der Waals surface area contributed by atoms with Gasteiger partial charge in [-0.2, -0.15) is 0 Å². The van der Waals surface area contributed by atoms with E-state index in [1.807, 2.05) is 20.8 Å². The van der Waals surface area contributed by atoms with E-state index in [0.717, 1.165) is 0 Å². The number of hydrogen-bond acceptors (Lipinski definition) is 3. The first-order valence-electron chi connectivity index (χ1n) is 6.82. The first-order valence-corrected chi connectivity index (χ1v) is 6.82. The number of nitrogens with zero attached hydrogens (tertiary/aromatic N) is 2. The Morgan fingerprint density at radius 1 is 1.19 bits per heavy atom. The molecule has 1 saturated heterocycles. The zero-order chi connectivity index (χ0) is 15.8. The smallest absolute Gasteiger partial charge is 0.408 e. The van der Waals surface area contributed by atoms with E-state index in [-0.39, 0.29) is 18.2 Å². The number of rotatable bonds is 1. The molecule has 1 unspecified atom stereocenters. The monoisotopic (exact) mass is 292 g/mol. The van der Waals surface area contributed by atoms with Gasteiger partial charge in [0.2, 0.25) is 0 Å². The summed E-state index contributed by atoms with van der Waals surface area (Å²) in [6, 6.07) is 5.61. The minimum Gasteiger partial charge on any atom is -0.508 e. The van der Waals surface area contributed by atoms with Gasteiger partial charge < -0.3 is 15.1 Å². The highest BCUT2D eigenvalue weighted by molar-refractivity contribution is 6.00. The number of carbonyl (C=O) groups excluding carboxylic acids is 1. The summed E-state index contributed by atoms with van der Waals surface area (Å²) in [7, 11) is 0. The molecule has 21 heavy (non-hydrogen) atoms. The highest BCUT2D eigenvalue weighted by Crippen LogP contribution is 2.31. The van der Waals surface area contributed by atoms with Crippen LogP contribution in [0.25, 0.3) is 0 Å². The van der Waals surface area contributed by atoms with Crippen molar-refractivity contribution < 1.29 is 19.8 Å². The van der Waals surface area contributed by atoms with Crippen LogP contribution in [0, 0.1) is 5.41 Å². The third-order valence-electron chi connectivity index (χ3n) is 3.60. The molecular weight excluding hydrogens is 272 g/mol. The van der Waals surface area contributed by atoms with Gasteiger partial charge in [0.25, 0.3) is 5.91 Å². The summed E-state index contributed by atoms with van der Waals surface area (Å²) in [5, 5.41) is 18.6. The van der Waals surface area contributed by atoms with Gasteiger partial charge in [-0.3, -0.25) is 9.69 Å². The van der Waals surface area contributed by atoms with Crippen molar-refractivity contribution in [2.75, 3.05) is 18.0 Å². The fourth-order valence-electron chi connectivity index (χ4n) is 2.66. The van der Waals surface area contributed by atoms with Crippen LogP contribution < -0.4 is 4.90 Å². The highest BCUT2D eigenvalue weighted by atomic mass is 16.4. The van der Waals surface area contributed by atoms with Crippen molar-refractivity contribution >= 4 is 17.7 Å². The molecule has 1 aliphatic heterocycles. The minimum atomic E-state index is -1.08. The molecule has 2 N–H and O–H groups in total. The molecule has 0 saturated carbocycles. The van der Waals surface area contributed by atoms with Gasteiger partial charge in [-0.15, -0.1) is 0 Å². The normalized spacial score (nSPS) is 19.8. The molecule has 1 heterocycles. The molecule has 6 heteroatoms. The lowest BCUT2D eigenvalue weighted by atomic mass is 9.83. The van der Waals surface area contributed by atoms with Crippen molar-refractivity contribution in [3.8, 4) is 5.75 Å². The Labute approximate surface area is 123 Å². The molecule has 0 aromatic heterocycles. The SMILES string of the molecule is CC(C)(C)C1C(=O)N(c2ccc(O)cc2)CCN1C(=O)O. The maximum Gasteiger partial charge on any atom is 0.408 e. The topological polar surface area (TPSA) is 81.1 Å². The first kappa shape index (κ1) is 15.2. The zero-order valence-corrected chi connectivity index (χ0v) is 12.4. The van der Waals surface area contributed by atoms with Crippen LogP contribution in [0.4, 0.5) is 10.5 Å². The van der Waals surface area contributed by atoms with Crippen molar-refractivity contribution in [1.82, 2.24) is 4.90 Å². The number of phenols is 1. The Morgan fingerprint density at radius 2 is 1.76 bits per heavy atom. The number of amides is 2. The van der Waals surface area contributed by atoms with E-state index >= 15 is 0 Å². The quantitative estimate of drug-likeness (QED) is 0.831. The fraction of sp³-hybridized carbons (Fsp3) is 0.467. The molecule has 1 aromatic carbocycles. The second-order valence-electron chi connectivity index (χ2n) is 6.25. The maximum atomic E-state index is 12.7. The molecule has 2 rings (SSSR count). The number of phenolic OH excluding ortho intramolecular Hbond substituents is 1. The molecule has 2 amide bonds. The van der Waals surface area contributed by atoms with Crippen LogP contribution in [0.1, 0.15) is 20.8 Å². The zero-order valence-electron chi connectivity index (χ0n) is 12.4. The van der Waals surface area contributed by atoms with Crippen LogP contribution in [0.5, 0.6) is 5.75 Å². The third kappa shape index (κ3) is 2.94. The van der Waals surface area contributed by atoms with E-state index in [4.69, 9.17) is 0 Å². The van der Waals surface area contributed by atoms with Gasteiger partial charge in [0.1, 0.15) is 11.8 Å². The molecule has 0 spiro atoms. The molecule has 0 radical (unpaired) electrons. The Balaban J connectivity index is 2.34. The Bertz CT molecular complexity index is 548. The Hall–Kier alpha value is -2.24. The molecule has 0 aliphatic carbocycles. The van der Waals surface area contributed by atoms with E-state index < -0.39 is 17.6 Å². The first-order chi connectivity index (χ1) is 9.71. The van der Waals surface area contributed by atoms with Gasteiger partial charge >= 0.3 is 6.09 Å². The van der Waals surface area contributed by atoms with Crippen molar-refractivity contribution in [2.24, 2.45) is 5.41 Å². The summed E-state index contributed by atoms with van der Waals surface area (Å²) in [5.74, 6) is -0.107. The summed E-state index contributed by atoms with van der Waals surface area (Å²) >= 11 is 0. The number of aromatic hydroxyl groups is 1. The number of anilines is 1. The summed E-state index contributed by atoms with van der Waals surface area (Å²) in [5.41, 5.74) is 0.169. The van der Waals surface area contributed by atoms with Gasteiger partial charge in [0.05, 0.1) is 0 Å². The van der Waals surface area contributed by atoms with Gasteiger partial charge in [0, 0.05) is 18.8 Å². The lowest BCUT2D eigenvalue weighted by molar-refractivity contribution is -0.129.